The Labute approximate surface area is 140 Å². The highest BCUT2D eigenvalue weighted by atomic mass is 15.2. The van der Waals surface area contributed by atoms with E-state index in [1.54, 1.807) is 0 Å². The minimum absolute atomic E-state index is 0.624. The van der Waals surface area contributed by atoms with E-state index in [4.69, 9.17) is 0 Å². The molecule has 134 valence electrons. The number of hydrogen-bond donors (Lipinski definition) is 0. The monoisotopic (exact) mass is 314 g/mol. The molecule has 22 heavy (non-hydrogen) atoms. The van der Waals surface area contributed by atoms with E-state index in [2.05, 4.69) is 82.3 Å². The summed E-state index contributed by atoms with van der Waals surface area (Å²) in [5.74, 6) is 0. The van der Waals surface area contributed by atoms with Gasteiger partial charge in [-0.3, -0.25) is 4.90 Å². The zero-order valence-corrected chi connectivity index (χ0v) is 16.8. The molecule has 0 rings (SSSR count). The van der Waals surface area contributed by atoms with Gasteiger partial charge in [0.05, 0.1) is 0 Å². The van der Waals surface area contributed by atoms with Crippen LogP contribution >= 0.6 is 0 Å². The van der Waals surface area contributed by atoms with Crippen LogP contribution in [0.4, 0.5) is 0 Å². The van der Waals surface area contributed by atoms with Crippen LogP contribution in [0.25, 0.3) is 0 Å². The van der Waals surface area contributed by atoms with Crippen molar-refractivity contribution < 1.29 is 0 Å². The molecule has 0 saturated heterocycles. The lowest BCUT2D eigenvalue weighted by molar-refractivity contribution is 0.154. The van der Waals surface area contributed by atoms with Gasteiger partial charge in [0.1, 0.15) is 0 Å². The highest BCUT2D eigenvalue weighted by molar-refractivity contribution is 4.69. The molecule has 0 aliphatic heterocycles. The first-order chi connectivity index (χ1) is 10.1. The van der Waals surface area contributed by atoms with E-state index in [1.165, 1.54) is 0 Å². The lowest BCUT2D eigenvalue weighted by Crippen LogP contribution is -2.44. The maximum atomic E-state index is 2.62. The van der Waals surface area contributed by atoms with E-state index in [0.717, 1.165) is 39.3 Å². The minimum atomic E-state index is 0.624. The van der Waals surface area contributed by atoms with Crippen LogP contribution in [0.15, 0.2) is 0 Å². The van der Waals surface area contributed by atoms with Gasteiger partial charge in [-0.2, -0.15) is 0 Å². The van der Waals surface area contributed by atoms with Crippen molar-refractivity contribution in [2.75, 3.05) is 60.4 Å². The predicted molar refractivity (Wildman–Crippen MR) is 99.7 cm³/mol. The molecule has 0 bridgehead atoms. The molecule has 0 aromatic heterocycles. The maximum Gasteiger partial charge on any atom is 0.0110 e. The maximum absolute atomic E-state index is 2.62. The first kappa shape index (κ1) is 21.8. The normalized spacial score (nSPS) is 13.1. The second kappa shape index (κ2) is 11.4. The molecular weight excluding hydrogens is 272 g/mol. The van der Waals surface area contributed by atoms with Crippen LogP contribution in [-0.4, -0.2) is 98.1 Å². The van der Waals surface area contributed by atoms with Crippen LogP contribution in [0.5, 0.6) is 0 Å². The lowest BCUT2D eigenvalue weighted by atomic mass is 10.3. The average molecular weight is 315 g/mol. The van der Waals surface area contributed by atoms with Crippen molar-refractivity contribution in [2.24, 2.45) is 0 Å². The van der Waals surface area contributed by atoms with Crippen molar-refractivity contribution in [1.82, 2.24) is 19.6 Å². The molecule has 0 amide bonds. The van der Waals surface area contributed by atoms with E-state index >= 15 is 0 Å². The zero-order chi connectivity index (χ0) is 17.3. The molecule has 4 nitrogen and oxygen atoms in total. The van der Waals surface area contributed by atoms with Gasteiger partial charge in [-0.25, -0.2) is 0 Å². The molecule has 0 spiro atoms. The van der Waals surface area contributed by atoms with Crippen LogP contribution in [0.1, 0.15) is 41.5 Å². The first-order valence-corrected chi connectivity index (χ1v) is 8.98. The van der Waals surface area contributed by atoms with Gasteiger partial charge < -0.3 is 14.7 Å². The SMILES string of the molecule is CC(C)N(C)CCN(CCN(C)C(C)C)CCN(C)C(C)C. The van der Waals surface area contributed by atoms with E-state index < -0.39 is 0 Å². The Morgan fingerprint density at radius 2 is 0.682 bits per heavy atom. The molecule has 0 heterocycles. The molecular formula is C18H42N4. The second-order valence-electron chi connectivity index (χ2n) is 7.56. The molecule has 0 radical (unpaired) electrons. The molecule has 0 aliphatic carbocycles. The predicted octanol–water partition coefficient (Wildman–Crippen LogP) is 2.31. The summed E-state index contributed by atoms with van der Waals surface area (Å²) in [7, 11) is 6.68. The van der Waals surface area contributed by atoms with Crippen LogP contribution in [0.2, 0.25) is 0 Å². The summed E-state index contributed by atoms with van der Waals surface area (Å²) in [6.45, 7) is 20.5. The Morgan fingerprint density at radius 3 is 0.864 bits per heavy atom. The molecule has 0 fully saturated rings. The third kappa shape index (κ3) is 9.78. The molecule has 4 heteroatoms. The lowest BCUT2D eigenvalue weighted by Gasteiger charge is -2.31. The van der Waals surface area contributed by atoms with Crippen molar-refractivity contribution in [3.63, 3.8) is 0 Å². The fourth-order valence-corrected chi connectivity index (χ4v) is 2.01. The van der Waals surface area contributed by atoms with Gasteiger partial charge in [-0.15, -0.1) is 0 Å². The van der Waals surface area contributed by atoms with Crippen molar-refractivity contribution in [1.29, 1.82) is 0 Å². The second-order valence-corrected chi connectivity index (χ2v) is 7.56. The number of nitrogens with zero attached hydrogens (tertiary/aromatic N) is 4. The van der Waals surface area contributed by atoms with Gasteiger partial charge in [0, 0.05) is 57.4 Å². The van der Waals surface area contributed by atoms with Crippen molar-refractivity contribution in [3.05, 3.63) is 0 Å². The van der Waals surface area contributed by atoms with Crippen LogP contribution in [0, 0.1) is 0 Å². The molecule has 0 aliphatic rings. The zero-order valence-electron chi connectivity index (χ0n) is 16.8. The van der Waals surface area contributed by atoms with Gasteiger partial charge in [-0.05, 0) is 62.7 Å². The van der Waals surface area contributed by atoms with E-state index in [0.29, 0.717) is 18.1 Å². The Bertz CT molecular complexity index is 223. The van der Waals surface area contributed by atoms with Crippen molar-refractivity contribution >= 4 is 0 Å². The molecule has 0 atom stereocenters. The van der Waals surface area contributed by atoms with Gasteiger partial charge in [-0.1, -0.05) is 0 Å². The average Bonchev–Trinajstić information content (AvgIpc) is 2.44. The van der Waals surface area contributed by atoms with Crippen LogP contribution < -0.4 is 0 Å². The highest BCUT2D eigenvalue weighted by Crippen LogP contribution is 2.00. The van der Waals surface area contributed by atoms with Gasteiger partial charge >= 0.3 is 0 Å². The summed E-state index contributed by atoms with van der Waals surface area (Å²) in [5, 5.41) is 0. The van der Waals surface area contributed by atoms with E-state index in [1.807, 2.05) is 0 Å². The Morgan fingerprint density at radius 1 is 0.455 bits per heavy atom. The summed E-state index contributed by atoms with van der Waals surface area (Å²) in [6.07, 6.45) is 0. The third-order valence-electron chi connectivity index (χ3n) is 4.95. The summed E-state index contributed by atoms with van der Waals surface area (Å²) in [5.41, 5.74) is 0. The third-order valence-corrected chi connectivity index (χ3v) is 4.95. The van der Waals surface area contributed by atoms with Gasteiger partial charge in [0.15, 0.2) is 0 Å². The fourth-order valence-electron chi connectivity index (χ4n) is 2.01. The van der Waals surface area contributed by atoms with Gasteiger partial charge in [0.25, 0.3) is 0 Å². The number of hydrogen-bond acceptors (Lipinski definition) is 4. The summed E-state index contributed by atoms with van der Waals surface area (Å²) in [4.78, 5) is 9.93. The summed E-state index contributed by atoms with van der Waals surface area (Å²) >= 11 is 0. The van der Waals surface area contributed by atoms with Crippen molar-refractivity contribution in [2.45, 2.75) is 59.7 Å². The molecule has 0 N–H and O–H groups in total. The molecule has 0 unspecified atom stereocenters. The number of rotatable bonds is 12. The largest absolute Gasteiger partial charge is 0.303 e. The molecule has 0 saturated carbocycles. The summed E-state index contributed by atoms with van der Waals surface area (Å²) < 4.78 is 0. The first-order valence-electron chi connectivity index (χ1n) is 8.98. The van der Waals surface area contributed by atoms with Crippen LogP contribution in [0.3, 0.4) is 0 Å². The summed E-state index contributed by atoms with van der Waals surface area (Å²) in [6, 6.07) is 1.87. The standard InChI is InChI=1S/C18H42N4/c1-16(2)19(7)10-13-22(14-11-20(8)17(3)4)15-12-21(9)18(5)6/h16-18H,10-15H2,1-9H3. The quantitative estimate of drug-likeness (QED) is 0.548. The Kier molecular flexibility index (Phi) is 11.3. The minimum Gasteiger partial charge on any atom is -0.303 e. The van der Waals surface area contributed by atoms with Gasteiger partial charge in [0.2, 0.25) is 0 Å². The topological polar surface area (TPSA) is 13.0 Å². The van der Waals surface area contributed by atoms with E-state index in [9.17, 15) is 0 Å². The smallest absolute Gasteiger partial charge is 0.0110 e. The highest BCUT2D eigenvalue weighted by Gasteiger charge is 2.12. The van der Waals surface area contributed by atoms with E-state index in [-0.39, 0.29) is 0 Å². The number of likely N-dealkylation sites (N-methyl/N-ethyl adjacent to an activating group) is 3. The molecule has 0 aromatic carbocycles. The Hall–Kier alpha value is -0.160. The van der Waals surface area contributed by atoms with Crippen LogP contribution in [-0.2, 0) is 0 Å². The van der Waals surface area contributed by atoms with Crippen molar-refractivity contribution in [3.8, 4) is 0 Å². The Balaban J connectivity index is 4.36. The fraction of sp³-hybridized carbons (Fsp3) is 1.00. The molecule has 0 aromatic rings.